The number of methoxy groups -OCH3 is 1. The number of hydrogen-bond donors (Lipinski definition) is 1. The minimum Gasteiger partial charge on any atom is -0.494 e. The zero-order valence-corrected chi connectivity index (χ0v) is 16.8. The molecule has 0 radical (unpaired) electrons. The molecule has 0 spiro atoms. The van der Waals surface area contributed by atoms with Gasteiger partial charge in [-0.25, -0.2) is 4.63 Å². The van der Waals surface area contributed by atoms with Crippen LogP contribution >= 0.6 is 0 Å². The molecule has 0 fully saturated rings. The highest BCUT2D eigenvalue weighted by Crippen LogP contribution is 2.30. The lowest BCUT2D eigenvalue weighted by Gasteiger charge is -2.16. The van der Waals surface area contributed by atoms with Crippen LogP contribution < -0.4 is 19.5 Å². The van der Waals surface area contributed by atoms with Gasteiger partial charge in [0.05, 0.1) is 13.7 Å². The number of aromatic nitrogens is 2. The molecule has 1 aromatic heterocycles. The Hall–Kier alpha value is -3.55. The zero-order valence-electron chi connectivity index (χ0n) is 16.8. The Morgan fingerprint density at radius 1 is 1.14 bits per heavy atom. The van der Waals surface area contributed by atoms with E-state index in [0.717, 1.165) is 16.9 Å². The Balaban J connectivity index is 1.74. The Morgan fingerprint density at radius 3 is 2.59 bits per heavy atom. The topological polar surface area (TPSA) is 95.7 Å². The summed E-state index contributed by atoms with van der Waals surface area (Å²) in [6, 6.07) is 12.7. The third-order valence-electron chi connectivity index (χ3n) is 4.22. The minimum atomic E-state index is -0.794. The number of benzene rings is 2. The normalized spacial score (nSPS) is 11.6. The van der Waals surface area contributed by atoms with Gasteiger partial charge >= 0.3 is 0 Å². The lowest BCUT2D eigenvalue weighted by Crippen LogP contribution is -2.30. The number of ether oxygens (including phenoxy) is 3. The fourth-order valence-corrected chi connectivity index (χ4v) is 2.75. The number of aryl methyl sites for hydroxylation is 1. The Kier molecular flexibility index (Phi) is 6.33. The third-order valence-corrected chi connectivity index (χ3v) is 4.22. The van der Waals surface area contributed by atoms with Crippen LogP contribution in [0.4, 0.5) is 5.82 Å². The molecule has 0 aliphatic rings. The highest BCUT2D eigenvalue weighted by Gasteiger charge is 2.21. The molecule has 1 heterocycles. The van der Waals surface area contributed by atoms with Gasteiger partial charge in [0.25, 0.3) is 5.91 Å². The zero-order chi connectivity index (χ0) is 20.8. The Morgan fingerprint density at radius 2 is 1.90 bits per heavy atom. The van der Waals surface area contributed by atoms with Crippen LogP contribution in [-0.2, 0) is 4.79 Å². The largest absolute Gasteiger partial charge is 0.494 e. The maximum absolute atomic E-state index is 12.6. The molecule has 0 saturated carbocycles. The summed E-state index contributed by atoms with van der Waals surface area (Å²) in [5.74, 6) is 1.63. The highest BCUT2D eigenvalue weighted by molar-refractivity contribution is 5.96. The highest BCUT2D eigenvalue weighted by atomic mass is 16.6. The summed E-state index contributed by atoms with van der Waals surface area (Å²) in [6.45, 7) is 6.08. The maximum Gasteiger partial charge on any atom is 0.266 e. The van der Waals surface area contributed by atoms with E-state index < -0.39 is 12.0 Å². The summed E-state index contributed by atoms with van der Waals surface area (Å²) in [6.07, 6.45) is -0.794. The van der Waals surface area contributed by atoms with Crippen LogP contribution in [-0.4, -0.2) is 36.0 Å². The van der Waals surface area contributed by atoms with Crippen LogP contribution in [0.25, 0.3) is 11.3 Å². The van der Waals surface area contributed by atoms with Gasteiger partial charge in [-0.05, 0) is 67.0 Å². The van der Waals surface area contributed by atoms with Gasteiger partial charge in [0.1, 0.15) is 5.75 Å². The Labute approximate surface area is 168 Å². The summed E-state index contributed by atoms with van der Waals surface area (Å²) in [4.78, 5) is 12.6. The maximum atomic E-state index is 12.6. The van der Waals surface area contributed by atoms with E-state index in [0.29, 0.717) is 23.8 Å². The number of amides is 1. The second-order valence-electron chi connectivity index (χ2n) is 6.27. The van der Waals surface area contributed by atoms with Gasteiger partial charge in [0, 0.05) is 5.56 Å². The molecule has 1 atom stereocenters. The SMILES string of the molecule is CCOc1ccc(-c2nonc2NC(=O)C(C)Oc2ccccc2OC)cc1C. The Bertz CT molecular complexity index is 986. The van der Waals surface area contributed by atoms with E-state index in [-0.39, 0.29) is 5.82 Å². The fourth-order valence-electron chi connectivity index (χ4n) is 2.75. The van der Waals surface area contributed by atoms with Crippen LogP contribution in [0.3, 0.4) is 0 Å². The summed E-state index contributed by atoms with van der Waals surface area (Å²) in [5, 5.41) is 10.4. The van der Waals surface area contributed by atoms with E-state index >= 15 is 0 Å². The van der Waals surface area contributed by atoms with Crippen molar-refractivity contribution in [3.8, 4) is 28.5 Å². The molecule has 0 aliphatic carbocycles. The van der Waals surface area contributed by atoms with Gasteiger partial charge in [-0.1, -0.05) is 12.1 Å². The average molecular weight is 397 g/mol. The number of anilines is 1. The molecular weight excluding hydrogens is 374 g/mol. The third kappa shape index (κ3) is 4.66. The molecule has 8 heteroatoms. The van der Waals surface area contributed by atoms with Crippen molar-refractivity contribution in [2.24, 2.45) is 0 Å². The van der Waals surface area contributed by atoms with E-state index in [1.54, 1.807) is 32.2 Å². The minimum absolute atomic E-state index is 0.217. The smallest absolute Gasteiger partial charge is 0.266 e. The van der Waals surface area contributed by atoms with Crippen molar-refractivity contribution in [2.75, 3.05) is 19.0 Å². The van der Waals surface area contributed by atoms with Gasteiger partial charge in [0.2, 0.25) is 5.82 Å². The second kappa shape index (κ2) is 9.09. The van der Waals surface area contributed by atoms with E-state index in [2.05, 4.69) is 15.6 Å². The molecule has 8 nitrogen and oxygen atoms in total. The van der Waals surface area contributed by atoms with Crippen molar-refractivity contribution in [2.45, 2.75) is 26.9 Å². The number of carbonyl (C=O) groups is 1. The number of rotatable bonds is 8. The van der Waals surface area contributed by atoms with Gasteiger partial charge in [-0.3, -0.25) is 4.79 Å². The molecule has 152 valence electrons. The van der Waals surface area contributed by atoms with Gasteiger partial charge in [-0.15, -0.1) is 0 Å². The number of hydrogen-bond acceptors (Lipinski definition) is 7. The number of nitrogens with zero attached hydrogens (tertiary/aromatic N) is 2. The van der Waals surface area contributed by atoms with Crippen molar-refractivity contribution in [1.82, 2.24) is 10.3 Å². The van der Waals surface area contributed by atoms with Crippen LogP contribution in [0.5, 0.6) is 17.2 Å². The standard InChI is InChI=1S/C21H23N3O5/c1-5-27-16-11-10-15(12-13(16)2)19-20(24-29-23-19)22-21(25)14(3)28-18-9-7-6-8-17(18)26-4/h6-12,14H,5H2,1-4H3,(H,22,24,25). The molecule has 0 aliphatic heterocycles. The first-order valence-corrected chi connectivity index (χ1v) is 9.20. The summed E-state index contributed by atoms with van der Waals surface area (Å²) in [5.41, 5.74) is 2.12. The van der Waals surface area contributed by atoms with E-state index in [9.17, 15) is 4.79 Å². The second-order valence-corrected chi connectivity index (χ2v) is 6.27. The van der Waals surface area contributed by atoms with Gasteiger partial charge in [-0.2, -0.15) is 0 Å². The molecule has 0 saturated heterocycles. The van der Waals surface area contributed by atoms with Crippen LogP contribution in [0.15, 0.2) is 47.1 Å². The van der Waals surface area contributed by atoms with Crippen molar-refractivity contribution in [3.63, 3.8) is 0 Å². The summed E-state index contributed by atoms with van der Waals surface area (Å²) < 4.78 is 21.4. The number of nitrogens with one attached hydrogen (secondary N) is 1. The van der Waals surface area contributed by atoms with Crippen molar-refractivity contribution in [3.05, 3.63) is 48.0 Å². The molecule has 3 aromatic rings. The van der Waals surface area contributed by atoms with Gasteiger partial charge in [0.15, 0.2) is 23.3 Å². The molecule has 1 unspecified atom stereocenters. The fraction of sp³-hybridized carbons (Fsp3) is 0.286. The van der Waals surface area contributed by atoms with E-state index in [1.807, 2.05) is 38.1 Å². The van der Waals surface area contributed by atoms with Crippen molar-refractivity contribution >= 4 is 11.7 Å². The average Bonchev–Trinajstić information content (AvgIpc) is 3.18. The number of carbonyl (C=O) groups excluding carboxylic acids is 1. The predicted octanol–water partition coefficient (Wildman–Crippen LogP) is 3.86. The first-order valence-electron chi connectivity index (χ1n) is 9.20. The monoisotopic (exact) mass is 397 g/mol. The van der Waals surface area contributed by atoms with Gasteiger partial charge < -0.3 is 19.5 Å². The first kappa shape index (κ1) is 20.2. The molecular formula is C21H23N3O5. The van der Waals surface area contributed by atoms with E-state index in [4.69, 9.17) is 18.8 Å². The van der Waals surface area contributed by atoms with Crippen LogP contribution in [0, 0.1) is 6.92 Å². The molecule has 1 amide bonds. The lowest BCUT2D eigenvalue weighted by atomic mass is 10.1. The number of para-hydroxylation sites is 2. The quantitative estimate of drug-likeness (QED) is 0.616. The van der Waals surface area contributed by atoms with Crippen molar-refractivity contribution < 1.29 is 23.6 Å². The van der Waals surface area contributed by atoms with Crippen LogP contribution in [0.1, 0.15) is 19.4 Å². The predicted molar refractivity (Wildman–Crippen MR) is 107 cm³/mol. The van der Waals surface area contributed by atoms with E-state index in [1.165, 1.54) is 0 Å². The van der Waals surface area contributed by atoms with Crippen LogP contribution in [0.2, 0.25) is 0 Å². The lowest BCUT2D eigenvalue weighted by molar-refractivity contribution is -0.122. The molecule has 0 bridgehead atoms. The molecule has 2 aromatic carbocycles. The molecule has 1 N–H and O–H groups in total. The van der Waals surface area contributed by atoms with Crippen molar-refractivity contribution in [1.29, 1.82) is 0 Å². The first-order chi connectivity index (χ1) is 14.0. The molecule has 3 rings (SSSR count). The molecule has 29 heavy (non-hydrogen) atoms. The summed E-state index contributed by atoms with van der Waals surface area (Å²) >= 11 is 0. The summed E-state index contributed by atoms with van der Waals surface area (Å²) in [7, 11) is 1.54.